The predicted molar refractivity (Wildman–Crippen MR) is 60.6 cm³/mol. The molecule has 1 aliphatic rings. The maximum absolute atomic E-state index is 5.78. The fourth-order valence-corrected chi connectivity index (χ4v) is 1.96. The number of rotatable bonds is 8. The Bertz CT molecular complexity index is 121. The Labute approximate surface area is 88.4 Å². The Morgan fingerprint density at radius 2 is 1.93 bits per heavy atom. The van der Waals surface area contributed by atoms with Gasteiger partial charge in [-0.1, -0.05) is 19.8 Å². The predicted octanol–water partition coefficient (Wildman–Crippen LogP) is 2.73. The molecule has 1 rings (SSSR count). The lowest BCUT2D eigenvalue weighted by atomic mass is 10.3. The van der Waals surface area contributed by atoms with Gasteiger partial charge in [-0.3, -0.25) is 0 Å². The summed E-state index contributed by atoms with van der Waals surface area (Å²) in [7, 11) is 0. The molecular weight excluding hydrogens is 174 g/mol. The van der Waals surface area contributed by atoms with Crippen molar-refractivity contribution < 1.29 is 4.74 Å². The highest BCUT2D eigenvalue weighted by Crippen LogP contribution is 2.20. The summed E-state index contributed by atoms with van der Waals surface area (Å²) >= 11 is 0. The summed E-state index contributed by atoms with van der Waals surface area (Å²) in [6.07, 6.45) is 9.66. The van der Waals surface area contributed by atoms with Gasteiger partial charge in [0, 0.05) is 6.61 Å². The highest BCUT2D eigenvalue weighted by atomic mass is 16.5. The van der Waals surface area contributed by atoms with E-state index in [1.54, 1.807) is 0 Å². The van der Waals surface area contributed by atoms with Gasteiger partial charge in [0.05, 0.1) is 6.10 Å². The Kier molecular flexibility index (Phi) is 7.06. The van der Waals surface area contributed by atoms with Crippen molar-refractivity contribution in [1.82, 2.24) is 5.32 Å². The minimum atomic E-state index is 0.596. The van der Waals surface area contributed by atoms with Gasteiger partial charge in [-0.15, -0.1) is 0 Å². The van der Waals surface area contributed by atoms with E-state index >= 15 is 0 Å². The Morgan fingerprint density at radius 1 is 1.14 bits per heavy atom. The number of nitrogens with one attached hydrogen (secondary N) is 1. The van der Waals surface area contributed by atoms with Crippen LogP contribution in [0.4, 0.5) is 0 Å². The summed E-state index contributed by atoms with van der Waals surface area (Å²) in [5.74, 6) is 0. The van der Waals surface area contributed by atoms with Crippen LogP contribution in [0.15, 0.2) is 0 Å². The van der Waals surface area contributed by atoms with Gasteiger partial charge in [0.1, 0.15) is 0 Å². The van der Waals surface area contributed by atoms with Crippen LogP contribution in [-0.2, 0) is 4.74 Å². The maximum Gasteiger partial charge on any atom is 0.0575 e. The van der Waals surface area contributed by atoms with E-state index in [0.717, 1.165) is 19.7 Å². The third kappa shape index (κ3) is 5.61. The number of hydrogen-bond acceptors (Lipinski definition) is 2. The van der Waals surface area contributed by atoms with Gasteiger partial charge >= 0.3 is 0 Å². The van der Waals surface area contributed by atoms with Crippen LogP contribution in [-0.4, -0.2) is 25.8 Å². The van der Waals surface area contributed by atoms with Gasteiger partial charge in [0.2, 0.25) is 0 Å². The summed E-state index contributed by atoms with van der Waals surface area (Å²) in [5.41, 5.74) is 0. The van der Waals surface area contributed by atoms with Crippen molar-refractivity contribution >= 4 is 0 Å². The SMILES string of the molecule is CCCNCCCCOC1CCCC1. The minimum absolute atomic E-state index is 0.596. The molecule has 0 atom stereocenters. The molecule has 0 aliphatic heterocycles. The molecule has 0 radical (unpaired) electrons. The first-order chi connectivity index (χ1) is 6.93. The first kappa shape index (κ1) is 12.0. The molecule has 0 bridgehead atoms. The number of unbranched alkanes of at least 4 members (excludes halogenated alkanes) is 1. The summed E-state index contributed by atoms with van der Waals surface area (Å²) < 4.78 is 5.78. The van der Waals surface area contributed by atoms with Crippen LogP contribution in [0.25, 0.3) is 0 Å². The lowest BCUT2D eigenvalue weighted by Gasteiger charge is -2.10. The van der Waals surface area contributed by atoms with E-state index in [9.17, 15) is 0 Å². The minimum Gasteiger partial charge on any atom is -0.378 e. The zero-order valence-corrected chi connectivity index (χ0v) is 9.56. The Morgan fingerprint density at radius 3 is 2.64 bits per heavy atom. The summed E-state index contributed by atoms with van der Waals surface area (Å²) in [5, 5.41) is 3.41. The molecule has 1 saturated carbocycles. The summed E-state index contributed by atoms with van der Waals surface area (Å²) in [4.78, 5) is 0. The molecule has 1 N–H and O–H groups in total. The van der Waals surface area contributed by atoms with Crippen molar-refractivity contribution in [2.45, 2.75) is 58.0 Å². The highest BCUT2D eigenvalue weighted by molar-refractivity contribution is 4.66. The average Bonchev–Trinajstić information content (AvgIpc) is 2.69. The third-order valence-electron chi connectivity index (χ3n) is 2.83. The fourth-order valence-electron chi connectivity index (χ4n) is 1.96. The molecule has 0 unspecified atom stereocenters. The van der Waals surface area contributed by atoms with E-state index in [0.29, 0.717) is 6.10 Å². The molecule has 0 spiro atoms. The van der Waals surface area contributed by atoms with E-state index < -0.39 is 0 Å². The number of hydrogen-bond donors (Lipinski definition) is 1. The van der Waals surface area contributed by atoms with E-state index in [1.165, 1.54) is 44.9 Å². The quantitative estimate of drug-likeness (QED) is 0.607. The van der Waals surface area contributed by atoms with Crippen molar-refractivity contribution in [2.75, 3.05) is 19.7 Å². The van der Waals surface area contributed by atoms with Gasteiger partial charge in [-0.25, -0.2) is 0 Å². The molecule has 0 amide bonds. The smallest absolute Gasteiger partial charge is 0.0575 e. The van der Waals surface area contributed by atoms with Crippen molar-refractivity contribution in [1.29, 1.82) is 0 Å². The molecule has 14 heavy (non-hydrogen) atoms. The van der Waals surface area contributed by atoms with Crippen molar-refractivity contribution in [3.63, 3.8) is 0 Å². The molecular formula is C12H25NO. The highest BCUT2D eigenvalue weighted by Gasteiger charge is 2.14. The van der Waals surface area contributed by atoms with Crippen LogP contribution in [0.3, 0.4) is 0 Å². The van der Waals surface area contributed by atoms with Gasteiger partial charge in [-0.05, 0) is 45.2 Å². The molecule has 84 valence electrons. The zero-order chi connectivity index (χ0) is 10.1. The maximum atomic E-state index is 5.78. The molecule has 1 aliphatic carbocycles. The second-order valence-electron chi connectivity index (χ2n) is 4.23. The monoisotopic (exact) mass is 199 g/mol. The van der Waals surface area contributed by atoms with Crippen molar-refractivity contribution in [3.8, 4) is 0 Å². The summed E-state index contributed by atoms with van der Waals surface area (Å²) in [6, 6.07) is 0. The first-order valence-electron chi connectivity index (χ1n) is 6.26. The van der Waals surface area contributed by atoms with Crippen LogP contribution in [0.5, 0.6) is 0 Å². The molecule has 0 aromatic heterocycles. The van der Waals surface area contributed by atoms with Gasteiger partial charge in [0.25, 0.3) is 0 Å². The van der Waals surface area contributed by atoms with E-state index in [1.807, 2.05) is 0 Å². The van der Waals surface area contributed by atoms with Crippen LogP contribution in [0.2, 0.25) is 0 Å². The van der Waals surface area contributed by atoms with Gasteiger partial charge in [-0.2, -0.15) is 0 Å². The molecule has 2 heteroatoms. The lowest BCUT2D eigenvalue weighted by Crippen LogP contribution is -2.17. The van der Waals surface area contributed by atoms with Crippen LogP contribution < -0.4 is 5.32 Å². The van der Waals surface area contributed by atoms with Crippen LogP contribution >= 0.6 is 0 Å². The van der Waals surface area contributed by atoms with Gasteiger partial charge in [0.15, 0.2) is 0 Å². The number of ether oxygens (including phenoxy) is 1. The molecule has 0 aromatic rings. The molecule has 0 heterocycles. The van der Waals surface area contributed by atoms with Crippen LogP contribution in [0, 0.1) is 0 Å². The van der Waals surface area contributed by atoms with Crippen molar-refractivity contribution in [3.05, 3.63) is 0 Å². The lowest BCUT2D eigenvalue weighted by molar-refractivity contribution is 0.0560. The summed E-state index contributed by atoms with van der Waals surface area (Å²) in [6.45, 7) is 5.49. The second-order valence-corrected chi connectivity index (χ2v) is 4.23. The Hall–Kier alpha value is -0.0800. The van der Waals surface area contributed by atoms with Crippen molar-refractivity contribution in [2.24, 2.45) is 0 Å². The molecule has 0 saturated heterocycles. The first-order valence-corrected chi connectivity index (χ1v) is 6.26. The van der Waals surface area contributed by atoms with E-state index in [2.05, 4.69) is 12.2 Å². The van der Waals surface area contributed by atoms with E-state index in [-0.39, 0.29) is 0 Å². The molecule has 1 fully saturated rings. The largest absolute Gasteiger partial charge is 0.378 e. The standard InChI is InChI=1S/C12H25NO/c1-2-9-13-10-5-6-11-14-12-7-3-4-8-12/h12-13H,2-11H2,1H3. The zero-order valence-electron chi connectivity index (χ0n) is 9.56. The second kappa shape index (κ2) is 8.25. The molecule has 0 aromatic carbocycles. The van der Waals surface area contributed by atoms with E-state index in [4.69, 9.17) is 4.74 Å². The average molecular weight is 199 g/mol. The Balaban J connectivity index is 1.75. The third-order valence-corrected chi connectivity index (χ3v) is 2.83. The normalized spacial score (nSPS) is 17.8. The van der Waals surface area contributed by atoms with Gasteiger partial charge < -0.3 is 10.1 Å². The fraction of sp³-hybridized carbons (Fsp3) is 1.00. The molecule has 2 nitrogen and oxygen atoms in total. The topological polar surface area (TPSA) is 21.3 Å². The van der Waals surface area contributed by atoms with Crippen LogP contribution in [0.1, 0.15) is 51.9 Å².